The first-order valence-corrected chi connectivity index (χ1v) is 7.00. The van der Waals surface area contributed by atoms with Gasteiger partial charge in [0.1, 0.15) is 0 Å². The minimum absolute atomic E-state index is 0.0670. The fraction of sp³-hybridized carbons (Fsp3) is 0.533. The maximum atomic E-state index is 12.5. The molecule has 1 aromatic carbocycles. The number of rotatable bonds is 3. The second kappa shape index (κ2) is 6.06. The van der Waals surface area contributed by atoms with Gasteiger partial charge in [0.05, 0.1) is 5.56 Å². The molecular formula is C15H23N3O. The Morgan fingerprint density at radius 3 is 2.58 bits per heavy atom. The van der Waals surface area contributed by atoms with E-state index in [4.69, 9.17) is 5.73 Å². The van der Waals surface area contributed by atoms with E-state index < -0.39 is 0 Å². The number of benzene rings is 1. The third kappa shape index (κ3) is 3.07. The number of nitrogen functional groups attached to an aromatic ring is 1. The lowest BCUT2D eigenvalue weighted by molar-refractivity contribution is 0.0638. The number of nitrogens with two attached hydrogens (primary N) is 1. The third-order valence-electron chi connectivity index (χ3n) is 3.75. The Morgan fingerprint density at radius 1 is 1.26 bits per heavy atom. The van der Waals surface area contributed by atoms with Crippen LogP contribution in [0.3, 0.4) is 0 Å². The van der Waals surface area contributed by atoms with Crippen LogP contribution in [0.5, 0.6) is 0 Å². The summed E-state index contributed by atoms with van der Waals surface area (Å²) in [7, 11) is 0. The van der Waals surface area contributed by atoms with Crippen molar-refractivity contribution in [1.82, 2.24) is 9.80 Å². The maximum Gasteiger partial charge on any atom is 0.256 e. The summed E-state index contributed by atoms with van der Waals surface area (Å²) in [6.07, 6.45) is 1.17. The predicted octanol–water partition coefficient (Wildman–Crippen LogP) is 1.75. The van der Waals surface area contributed by atoms with Crippen LogP contribution in [0.4, 0.5) is 5.69 Å². The molecule has 1 heterocycles. The van der Waals surface area contributed by atoms with Crippen molar-refractivity contribution in [2.24, 2.45) is 0 Å². The molecule has 0 atom stereocenters. The lowest BCUT2D eigenvalue weighted by atomic mass is 10.1. The molecule has 0 unspecified atom stereocenters. The number of aryl methyl sites for hydroxylation is 1. The molecular weight excluding hydrogens is 238 g/mol. The average molecular weight is 261 g/mol. The van der Waals surface area contributed by atoms with E-state index in [9.17, 15) is 4.79 Å². The molecule has 4 nitrogen and oxygen atoms in total. The maximum absolute atomic E-state index is 12.5. The van der Waals surface area contributed by atoms with Crippen molar-refractivity contribution in [3.8, 4) is 0 Å². The third-order valence-corrected chi connectivity index (χ3v) is 3.75. The van der Waals surface area contributed by atoms with Crippen molar-refractivity contribution in [2.75, 3.05) is 38.5 Å². The van der Waals surface area contributed by atoms with Crippen LogP contribution in [0.1, 0.15) is 29.3 Å². The first-order chi connectivity index (χ1) is 9.13. The molecule has 0 saturated carbocycles. The highest BCUT2D eigenvalue weighted by atomic mass is 16.2. The van der Waals surface area contributed by atoms with Gasteiger partial charge >= 0.3 is 0 Å². The van der Waals surface area contributed by atoms with Crippen molar-refractivity contribution >= 4 is 11.6 Å². The molecule has 1 fully saturated rings. The van der Waals surface area contributed by atoms with Crippen LogP contribution < -0.4 is 5.73 Å². The number of para-hydroxylation sites is 1. The van der Waals surface area contributed by atoms with Gasteiger partial charge in [-0.25, -0.2) is 0 Å². The van der Waals surface area contributed by atoms with Crippen LogP contribution in [-0.4, -0.2) is 48.4 Å². The Morgan fingerprint density at radius 2 is 1.95 bits per heavy atom. The zero-order valence-corrected chi connectivity index (χ0v) is 11.9. The average Bonchev–Trinajstić information content (AvgIpc) is 2.42. The fourth-order valence-corrected chi connectivity index (χ4v) is 2.53. The van der Waals surface area contributed by atoms with Crippen LogP contribution in [0.2, 0.25) is 0 Å². The van der Waals surface area contributed by atoms with Crippen LogP contribution in [0, 0.1) is 6.92 Å². The first-order valence-electron chi connectivity index (χ1n) is 7.00. The number of carbonyl (C=O) groups is 1. The van der Waals surface area contributed by atoms with Crippen LogP contribution in [0.15, 0.2) is 18.2 Å². The van der Waals surface area contributed by atoms with Gasteiger partial charge in [-0.1, -0.05) is 19.1 Å². The Bertz CT molecular complexity index is 451. The minimum Gasteiger partial charge on any atom is -0.398 e. The van der Waals surface area contributed by atoms with Crippen LogP contribution in [0.25, 0.3) is 0 Å². The molecule has 0 radical (unpaired) electrons. The second-order valence-electron chi connectivity index (χ2n) is 5.17. The number of piperazine rings is 1. The van der Waals surface area contributed by atoms with Crippen molar-refractivity contribution in [3.05, 3.63) is 29.3 Å². The lowest BCUT2D eigenvalue weighted by Gasteiger charge is -2.34. The molecule has 4 heteroatoms. The number of carbonyl (C=O) groups excluding carboxylic acids is 1. The van der Waals surface area contributed by atoms with Gasteiger partial charge in [-0.2, -0.15) is 0 Å². The van der Waals surface area contributed by atoms with E-state index in [1.54, 1.807) is 0 Å². The molecule has 2 N–H and O–H groups in total. The number of nitrogens with zero attached hydrogens (tertiary/aromatic N) is 2. The summed E-state index contributed by atoms with van der Waals surface area (Å²) in [5.41, 5.74) is 8.23. The molecule has 19 heavy (non-hydrogen) atoms. The number of amides is 1. The second-order valence-corrected chi connectivity index (χ2v) is 5.17. The minimum atomic E-state index is 0.0670. The number of hydrogen-bond acceptors (Lipinski definition) is 3. The quantitative estimate of drug-likeness (QED) is 0.843. The summed E-state index contributed by atoms with van der Waals surface area (Å²) in [5, 5.41) is 0. The van der Waals surface area contributed by atoms with Crippen molar-refractivity contribution in [1.29, 1.82) is 0 Å². The topological polar surface area (TPSA) is 49.6 Å². The molecule has 1 aromatic rings. The molecule has 2 rings (SSSR count). The largest absolute Gasteiger partial charge is 0.398 e. The number of anilines is 1. The molecule has 0 aliphatic carbocycles. The highest BCUT2D eigenvalue weighted by Gasteiger charge is 2.23. The zero-order chi connectivity index (χ0) is 13.8. The Labute approximate surface area is 115 Å². The van der Waals surface area contributed by atoms with Gasteiger partial charge in [-0.15, -0.1) is 0 Å². The highest BCUT2D eigenvalue weighted by molar-refractivity contribution is 5.99. The van der Waals surface area contributed by atoms with E-state index in [0.29, 0.717) is 11.3 Å². The molecule has 0 spiro atoms. The van der Waals surface area contributed by atoms with Gasteiger partial charge in [0, 0.05) is 31.9 Å². The summed E-state index contributed by atoms with van der Waals surface area (Å²) >= 11 is 0. The molecule has 104 valence electrons. The first kappa shape index (κ1) is 13.9. The van der Waals surface area contributed by atoms with E-state index in [2.05, 4.69) is 11.8 Å². The summed E-state index contributed by atoms with van der Waals surface area (Å²) < 4.78 is 0. The van der Waals surface area contributed by atoms with Gasteiger partial charge in [-0.3, -0.25) is 9.69 Å². The van der Waals surface area contributed by atoms with E-state index in [1.807, 2.05) is 30.0 Å². The normalized spacial score (nSPS) is 16.6. The summed E-state index contributed by atoms with van der Waals surface area (Å²) in [6.45, 7) is 8.76. The van der Waals surface area contributed by atoms with E-state index in [-0.39, 0.29) is 5.91 Å². The predicted molar refractivity (Wildman–Crippen MR) is 78.2 cm³/mol. The fourth-order valence-electron chi connectivity index (χ4n) is 2.53. The molecule has 1 aliphatic rings. The summed E-state index contributed by atoms with van der Waals surface area (Å²) in [6, 6.07) is 5.65. The highest BCUT2D eigenvalue weighted by Crippen LogP contribution is 2.19. The standard InChI is InChI=1S/C15H23N3O/c1-3-7-17-8-10-18(11-9-17)15(19)13-6-4-5-12(2)14(13)16/h4-6H,3,7-11,16H2,1-2H3. The number of hydrogen-bond donors (Lipinski definition) is 1. The summed E-state index contributed by atoms with van der Waals surface area (Å²) in [4.78, 5) is 16.8. The van der Waals surface area contributed by atoms with Gasteiger partial charge in [0.15, 0.2) is 0 Å². The zero-order valence-electron chi connectivity index (χ0n) is 11.9. The van der Waals surface area contributed by atoms with Crippen molar-refractivity contribution < 1.29 is 4.79 Å². The Hall–Kier alpha value is -1.55. The van der Waals surface area contributed by atoms with Gasteiger partial charge in [-0.05, 0) is 31.5 Å². The molecule has 1 saturated heterocycles. The van der Waals surface area contributed by atoms with Crippen molar-refractivity contribution in [3.63, 3.8) is 0 Å². The SMILES string of the molecule is CCCN1CCN(C(=O)c2cccc(C)c2N)CC1. The smallest absolute Gasteiger partial charge is 0.256 e. The van der Waals surface area contributed by atoms with Gasteiger partial charge in [0.2, 0.25) is 0 Å². The summed E-state index contributed by atoms with van der Waals surface area (Å²) in [5.74, 6) is 0.0670. The molecule has 1 amide bonds. The molecule has 0 bridgehead atoms. The van der Waals surface area contributed by atoms with E-state index in [1.165, 1.54) is 6.42 Å². The molecule has 1 aliphatic heterocycles. The van der Waals surface area contributed by atoms with Gasteiger partial charge < -0.3 is 10.6 Å². The van der Waals surface area contributed by atoms with E-state index in [0.717, 1.165) is 38.3 Å². The van der Waals surface area contributed by atoms with Gasteiger partial charge in [0.25, 0.3) is 5.91 Å². The Kier molecular flexibility index (Phi) is 4.43. The van der Waals surface area contributed by atoms with Crippen LogP contribution in [-0.2, 0) is 0 Å². The lowest BCUT2D eigenvalue weighted by Crippen LogP contribution is -2.48. The monoisotopic (exact) mass is 261 g/mol. The van der Waals surface area contributed by atoms with Crippen LogP contribution >= 0.6 is 0 Å². The van der Waals surface area contributed by atoms with Crippen molar-refractivity contribution in [2.45, 2.75) is 20.3 Å². The Balaban J connectivity index is 2.03. The molecule has 0 aromatic heterocycles. The van der Waals surface area contributed by atoms with E-state index >= 15 is 0 Å².